The van der Waals surface area contributed by atoms with Crippen molar-refractivity contribution in [3.05, 3.63) is 65.5 Å². The summed E-state index contributed by atoms with van der Waals surface area (Å²) in [5, 5.41) is 2.17. The van der Waals surface area contributed by atoms with Crippen LogP contribution in [0.2, 0.25) is 0 Å². The molecule has 0 bridgehead atoms. The van der Waals surface area contributed by atoms with E-state index in [9.17, 15) is 22.8 Å². The SMILES string of the molecule is O=C(COC(=O)c1c(F)cccc1F)Nc1ccccc1F. The summed E-state index contributed by atoms with van der Waals surface area (Å²) in [5.41, 5.74) is -0.984. The van der Waals surface area contributed by atoms with Crippen molar-refractivity contribution in [3.63, 3.8) is 0 Å². The molecule has 0 unspecified atom stereocenters. The van der Waals surface area contributed by atoms with E-state index in [0.717, 1.165) is 24.3 Å². The Morgan fingerprint density at radius 1 is 0.909 bits per heavy atom. The molecule has 0 atom stereocenters. The number of carbonyl (C=O) groups is 2. The normalized spacial score (nSPS) is 10.1. The summed E-state index contributed by atoms with van der Waals surface area (Å²) in [5.74, 6) is -5.02. The van der Waals surface area contributed by atoms with E-state index >= 15 is 0 Å². The molecule has 0 saturated heterocycles. The molecular weight excluding hydrogens is 299 g/mol. The Kier molecular flexibility index (Phi) is 4.77. The van der Waals surface area contributed by atoms with E-state index in [1.807, 2.05) is 0 Å². The second-order valence-electron chi connectivity index (χ2n) is 4.20. The van der Waals surface area contributed by atoms with Gasteiger partial charge in [-0.15, -0.1) is 0 Å². The highest BCUT2D eigenvalue weighted by atomic mass is 19.1. The van der Waals surface area contributed by atoms with Gasteiger partial charge in [-0.05, 0) is 24.3 Å². The first-order chi connectivity index (χ1) is 10.5. The number of nitrogens with one attached hydrogen (secondary N) is 1. The molecule has 2 aromatic carbocycles. The Hall–Kier alpha value is -2.83. The molecule has 0 aliphatic heterocycles. The number of carbonyl (C=O) groups excluding carboxylic acids is 2. The van der Waals surface area contributed by atoms with Crippen molar-refractivity contribution in [2.75, 3.05) is 11.9 Å². The monoisotopic (exact) mass is 309 g/mol. The standard InChI is InChI=1S/C15H10F3NO3/c16-9-4-1-2-7-12(9)19-13(20)8-22-15(21)14-10(17)5-3-6-11(14)18/h1-7H,8H2,(H,19,20). The zero-order chi connectivity index (χ0) is 16.1. The molecule has 114 valence electrons. The Balaban J connectivity index is 1.97. The van der Waals surface area contributed by atoms with Crippen LogP contribution < -0.4 is 5.32 Å². The number of rotatable bonds is 4. The van der Waals surface area contributed by atoms with Gasteiger partial charge in [0.15, 0.2) is 6.61 Å². The first-order valence-electron chi connectivity index (χ1n) is 6.14. The third-order valence-electron chi connectivity index (χ3n) is 2.65. The molecule has 0 aliphatic carbocycles. The summed E-state index contributed by atoms with van der Waals surface area (Å²) in [7, 11) is 0. The molecule has 0 fully saturated rings. The molecule has 22 heavy (non-hydrogen) atoms. The largest absolute Gasteiger partial charge is 0.452 e. The third-order valence-corrected chi connectivity index (χ3v) is 2.65. The van der Waals surface area contributed by atoms with Crippen LogP contribution in [0, 0.1) is 17.5 Å². The molecule has 0 heterocycles. The number of benzene rings is 2. The van der Waals surface area contributed by atoms with Crippen molar-refractivity contribution in [2.45, 2.75) is 0 Å². The lowest BCUT2D eigenvalue weighted by molar-refractivity contribution is -0.119. The zero-order valence-electron chi connectivity index (χ0n) is 11.1. The number of anilines is 1. The van der Waals surface area contributed by atoms with Gasteiger partial charge in [-0.1, -0.05) is 18.2 Å². The minimum atomic E-state index is -1.32. The Morgan fingerprint density at radius 3 is 2.14 bits per heavy atom. The number of amides is 1. The molecule has 0 radical (unpaired) electrons. The van der Waals surface area contributed by atoms with Gasteiger partial charge in [0.1, 0.15) is 23.0 Å². The fourth-order valence-corrected chi connectivity index (χ4v) is 1.64. The van der Waals surface area contributed by atoms with Crippen molar-refractivity contribution in [1.82, 2.24) is 0 Å². The van der Waals surface area contributed by atoms with Gasteiger partial charge in [-0.25, -0.2) is 18.0 Å². The van der Waals surface area contributed by atoms with Crippen molar-refractivity contribution in [1.29, 1.82) is 0 Å². The van der Waals surface area contributed by atoms with Gasteiger partial charge in [0.05, 0.1) is 5.69 Å². The topological polar surface area (TPSA) is 55.4 Å². The maximum Gasteiger partial charge on any atom is 0.344 e. The van der Waals surface area contributed by atoms with Crippen molar-refractivity contribution >= 4 is 17.6 Å². The van der Waals surface area contributed by atoms with Crippen LogP contribution in [0.15, 0.2) is 42.5 Å². The average Bonchev–Trinajstić information content (AvgIpc) is 2.47. The van der Waals surface area contributed by atoms with Crippen molar-refractivity contribution in [3.8, 4) is 0 Å². The quantitative estimate of drug-likeness (QED) is 0.884. The molecule has 1 amide bonds. The van der Waals surface area contributed by atoms with Crippen LogP contribution in [0.4, 0.5) is 18.9 Å². The molecule has 7 heteroatoms. The summed E-state index contributed by atoms with van der Waals surface area (Å²) < 4.78 is 44.5. The lowest BCUT2D eigenvalue weighted by Gasteiger charge is -2.08. The van der Waals surface area contributed by atoms with Crippen LogP contribution >= 0.6 is 0 Å². The third kappa shape index (κ3) is 3.63. The van der Waals surface area contributed by atoms with Gasteiger partial charge in [0.2, 0.25) is 0 Å². The summed E-state index contributed by atoms with van der Waals surface area (Å²) in [6.45, 7) is -0.805. The van der Waals surface area contributed by atoms with Gasteiger partial charge in [0, 0.05) is 0 Å². The second kappa shape index (κ2) is 6.75. The molecular formula is C15H10F3NO3. The van der Waals surface area contributed by atoms with E-state index in [0.29, 0.717) is 0 Å². The van der Waals surface area contributed by atoms with Crippen LogP contribution in [0.1, 0.15) is 10.4 Å². The number of halogens is 3. The predicted molar refractivity (Wildman–Crippen MR) is 71.7 cm³/mol. The molecule has 0 aliphatic rings. The summed E-state index contributed by atoms with van der Waals surface area (Å²) >= 11 is 0. The second-order valence-corrected chi connectivity index (χ2v) is 4.20. The number of esters is 1. The Morgan fingerprint density at radius 2 is 1.50 bits per heavy atom. The summed E-state index contributed by atoms with van der Waals surface area (Å²) in [4.78, 5) is 23.1. The highest BCUT2D eigenvalue weighted by Crippen LogP contribution is 2.14. The lowest BCUT2D eigenvalue weighted by atomic mass is 10.2. The molecule has 0 spiro atoms. The average molecular weight is 309 g/mol. The van der Waals surface area contributed by atoms with E-state index in [2.05, 4.69) is 10.1 Å². The van der Waals surface area contributed by atoms with Gasteiger partial charge in [0.25, 0.3) is 5.91 Å². The molecule has 0 aromatic heterocycles. The number of hydrogen-bond donors (Lipinski definition) is 1. The van der Waals surface area contributed by atoms with Gasteiger partial charge in [-0.2, -0.15) is 0 Å². The summed E-state index contributed by atoms with van der Waals surface area (Å²) in [6.07, 6.45) is 0. The number of ether oxygens (including phenoxy) is 1. The minimum Gasteiger partial charge on any atom is -0.452 e. The maximum atomic E-state index is 13.3. The highest BCUT2D eigenvalue weighted by molar-refractivity contribution is 5.95. The summed E-state index contributed by atoms with van der Waals surface area (Å²) in [6, 6.07) is 8.25. The number of para-hydroxylation sites is 1. The lowest BCUT2D eigenvalue weighted by Crippen LogP contribution is -2.22. The van der Waals surface area contributed by atoms with Gasteiger partial charge >= 0.3 is 5.97 Å². The minimum absolute atomic E-state index is 0.0966. The first-order valence-corrected chi connectivity index (χ1v) is 6.14. The molecule has 2 rings (SSSR count). The smallest absolute Gasteiger partial charge is 0.344 e. The van der Waals surface area contributed by atoms with E-state index < -0.39 is 41.5 Å². The van der Waals surface area contributed by atoms with Crippen LogP contribution in [-0.4, -0.2) is 18.5 Å². The van der Waals surface area contributed by atoms with Crippen LogP contribution in [-0.2, 0) is 9.53 Å². The van der Waals surface area contributed by atoms with E-state index in [-0.39, 0.29) is 5.69 Å². The van der Waals surface area contributed by atoms with E-state index in [1.165, 1.54) is 18.2 Å². The Labute approximate surface area is 123 Å². The zero-order valence-corrected chi connectivity index (χ0v) is 11.1. The maximum absolute atomic E-state index is 13.3. The first kappa shape index (κ1) is 15.6. The van der Waals surface area contributed by atoms with Crippen molar-refractivity contribution < 1.29 is 27.5 Å². The Bertz CT molecular complexity index is 699. The molecule has 1 N–H and O–H groups in total. The van der Waals surface area contributed by atoms with Gasteiger partial charge < -0.3 is 10.1 Å². The fourth-order valence-electron chi connectivity index (χ4n) is 1.64. The van der Waals surface area contributed by atoms with Crippen LogP contribution in [0.3, 0.4) is 0 Å². The molecule has 4 nitrogen and oxygen atoms in total. The van der Waals surface area contributed by atoms with Crippen molar-refractivity contribution in [2.24, 2.45) is 0 Å². The van der Waals surface area contributed by atoms with Crippen LogP contribution in [0.25, 0.3) is 0 Å². The molecule has 2 aromatic rings. The van der Waals surface area contributed by atoms with Crippen LogP contribution in [0.5, 0.6) is 0 Å². The number of hydrogen-bond acceptors (Lipinski definition) is 3. The highest BCUT2D eigenvalue weighted by Gasteiger charge is 2.19. The van der Waals surface area contributed by atoms with E-state index in [1.54, 1.807) is 0 Å². The van der Waals surface area contributed by atoms with Gasteiger partial charge in [-0.3, -0.25) is 4.79 Å². The molecule has 0 saturated carbocycles. The van der Waals surface area contributed by atoms with E-state index in [4.69, 9.17) is 0 Å². The predicted octanol–water partition coefficient (Wildman–Crippen LogP) is 2.90. The fraction of sp³-hybridized carbons (Fsp3) is 0.0667.